The van der Waals surface area contributed by atoms with E-state index in [2.05, 4.69) is 10.3 Å². The lowest BCUT2D eigenvalue weighted by atomic mass is 9.88. The first-order valence-electron chi connectivity index (χ1n) is 13.3. The van der Waals surface area contributed by atoms with Gasteiger partial charge in [0.2, 0.25) is 0 Å². The van der Waals surface area contributed by atoms with Crippen LogP contribution in [-0.2, 0) is 6.42 Å². The number of nitrogens with zero attached hydrogens (tertiary/aromatic N) is 2. The van der Waals surface area contributed by atoms with Gasteiger partial charge in [-0.15, -0.1) is 0 Å². The number of benzene rings is 2. The molecule has 2 aliphatic rings. The van der Waals surface area contributed by atoms with E-state index in [1.165, 1.54) is 17.0 Å². The Bertz CT molecular complexity index is 1320. The number of hydrogen-bond acceptors (Lipinski definition) is 5. The van der Waals surface area contributed by atoms with E-state index in [9.17, 15) is 31.4 Å². The Balaban J connectivity index is 1.54. The maximum atomic E-state index is 13.8. The van der Waals surface area contributed by atoms with Crippen molar-refractivity contribution in [1.82, 2.24) is 14.8 Å². The average molecular weight is 571 g/mol. The van der Waals surface area contributed by atoms with Gasteiger partial charge in [-0.25, -0.2) is 0 Å². The predicted molar refractivity (Wildman–Crippen MR) is 140 cm³/mol. The van der Waals surface area contributed by atoms with E-state index >= 15 is 0 Å². The number of aliphatic hydroxyl groups is 1. The molecule has 4 atom stereocenters. The summed E-state index contributed by atoms with van der Waals surface area (Å²) in [5, 5.41) is 14.5. The molecule has 40 heavy (non-hydrogen) atoms. The minimum atomic E-state index is -4.52. The third-order valence-corrected chi connectivity index (χ3v) is 7.73. The molecule has 0 unspecified atom stereocenters. The summed E-state index contributed by atoms with van der Waals surface area (Å²) in [5.41, 5.74) is 2.66. The molecule has 6 nitrogen and oxygen atoms in total. The van der Waals surface area contributed by atoms with Crippen LogP contribution >= 0.6 is 0 Å². The quantitative estimate of drug-likeness (QED) is 0.298. The number of aromatic nitrogens is 1. The number of ether oxygens (including phenoxy) is 1. The number of β-amino-alcohol motifs (C(OH)–C–C–N with tert-alkyl or cyclic N) is 1. The van der Waals surface area contributed by atoms with Crippen LogP contribution in [0.4, 0.5) is 32.0 Å². The van der Waals surface area contributed by atoms with E-state index < -0.39 is 50.2 Å². The predicted octanol–water partition coefficient (Wildman–Crippen LogP) is 5.48. The van der Waals surface area contributed by atoms with Gasteiger partial charge in [0.15, 0.2) is 0 Å². The molecule has 1 fully saturated rings. The first kappa shape index (κ1) is 28.6. The monoisotopic (exact) mass is 570 g/mol. The number of halogens is 6. The number of aliphatic hydroxyl groups excluding tert-OH is 1. The summed E-state index contributed by atoms with van der Waals surface area (Å²) >= 11 is 0. The molecule has 0 aliphatic carbocycles. The molecule has 3 heterocycles. The van der Waals surface area contributed by atoms with Crippen molar-refractivity contribution in [3.63, 3.8) is 0 Å². The van der Waals surface area contributed by atoms with Crippen LogP contribution in [-0.4, -0.2) is 83.7 Å². The Hall–Kier alpha value is -2.96. The standard InChI is InChI=1S/C28H32F6N4O2/c1-16-11-20-18-5-2-3-6-21(18)36-25(20)26(38(16)15-28(32,33)34)19-8-7-17(12-24(19)40-27(30)31)35-22-13-37(10-4-9-29)14-23(22)39/h2-3,5-8,12,16,22-23,26-27,35-36,39H,4,9-11,13-15H2,1H3/t16-,22-,23-,26-/m1/s1. The molecule has 1 saturated heterocycles. The molecule has 218 valence electrons. The van der Waals surface area contributed by atoms with E-state index in [4.69, 9.17) is 4.74 Å². The molecule has 2 aliphatic heterocycles. The summed E-state index contributed by atoms with van der Waals surface area (Å²) < 4.78 is 86.0. The molecule has 3 aromatic rings. The zero-order valence-electron chi connectivity index (χ0n) is 21.9. The van der Waals surface area contributed by atoms with Crippen LogP contribution in [0.3, 0.4) is 0 Å². The highest BCUT2D eigenvalue weighted by molar-refractivity contribution is 5.85. The topological polar surface area (TPSA) is 63.8 Å². The molecule has 2 aromatic carbocycles. The summed E-state index contributed by atoms with van der Waals surface area (Å²) in [6, 6.07) is 9.81. The molecule has 0 spiro atoms. The summed E-state index contributed by atoms with van der Waals surface area (Å²) in [5.74, 6) is -0.252. The van der Waals surface area contributed by atoms with E-state index in [-0.39, 0.29) is 11.3 Å². The number of anilines is 1. The number of likely N-dealkylation sites (tertiary alicyclic amines) is 1. The summed E-state index contributed by atoms with van der Waals surface area (Å²) in [7, 11) is 0. The lowest BCUT2D eigenvalue weighted by Gasteiger charge is -2.41. The van der Waals surface area contributed by atoms with Gasteiger partial charge >= 0.3 is 12.8 Å². The van der Waals surface area contributed by atoms with Gasteiger partial charge in [-0.1, -0.05) is 24.3 Å². The van der Waals surface area contributed by atoms with Crippen LogP contribution in [0.2, 0.25) is 0 Å². The maximum Gasteiger partial charge on any atom is 0.401 e. The van der Waals surface area contributed by atoms with Crippen molar-refractivity contribution in [3.05, 3.63) is 59.3 Å². The number of alkyl halides is 6. The van der Waals surface area contributed by atoms with Gasteiger partial charge in [-0.05, 0) is 37.5 Å². The minimum Gasteiger partial charge on any atom is -0.434 e. The van der Waals surface area contributed by atoms with Gasteiger partial charge in [-0.3, -0.25) is 14.2 Å². The lowest BCUT2D eigenvalue weighted by molar-refractivity contribution is -0.155. The smallest absolute Gasteiger partial charge is 0.401 e. The van der Waals surface area contributed by atoms with Crippen LogP contribution in [0.1, 0.15) is 36.2 Å². The molecule has 5 rings (SSSR count). The maximum absolute atomic E-state index is 13.8. The largest absolute Gasteiger partial charge is 0.434 e. The molecular formula is C28H32F6N4O2. The number of aromatic amines is 1. The van der Waals surface area contributed by atoms with E-state index in [1.807, 2.05) is 29.2 Å². The third kappa shape index (κ3) is 6.03. The van der Waals surface area contributed by atoms with Crippen molar-refractivity contribution in [1.29, 1.82) is 0 Å². The Morgan fingerprint density at radius 1 is 1.15 bits per heavy atom. The van der Waals surface area contributed by atoms with Crippen LogP contribution in [0.5, 0.6) is 5.75 Å². The Morgan fingerprint density at radius 2 is 1.93 bits per heavy atom. The fraction of sp³-hybridized carbons (Fsp3) is 0.500. The number of nitrogens with one attached hydrogen (secondary N) is 2. The number of fused-ring (bicyclic) bond motifs is 3. The van der Waals surface area contributed by atoms with E-state index in [0.717, 1.165) is 16.5 Å². The van der Waals surface area contributed by atoms with Gasteiger partial charge < -0.3 is 20.1 Å². The van der Waals surface area contributed by atoms with Crippen LogP contribution in [0.15, 0.2) is 42.5 Å². The Labute approximate surface area is 227 Å². The second-order valence-electron chi connectivity index (χ2n) is 10.6. The summed E-state index contributed by atoms with van der Waals surface area (Å²) in [4.78, 5) is 6.42. The summed E-state index contributed by atoms with van der Waals surface area (Å²) in [6.45, 7) is -1.97. The highest BCUT2D eigenvalue weighted by Crippen LogP contribution is 2.45. The number of H-pyrrole nitrogens is 1. The second-order valence-corrected chi connectivity index (χ2v) is 10.6. The third-order valence-electron chi connectivity index (χ3n) is 7.73. The van der Waals surface area contributed by atoms with Crippen molar-refractivity contribution < 1.29 is 36.2 Å². The molecule has 0 radical (unpaired) electrons. The zero-order chi connectivity index (χ0) is 28.6. The second kappa shape index (κ2) is 11.5. The Morgan fingerprint density at radius 3 is 2.65 bits per heavy atom. The molecule has 0 bridgehead atoms. The highest BCUT2D eigenvalue weighted by Gasteiger charge is 2.43. The molecule has 12 heteroatoms. The molecule has 0 saturated carbocycles. The highest BCUT2D eigenvalue weighted by atomic mass is 19.4. The number of hydrogen-bond donors (Lipinski definition) is 3. The Kier molecular flexibility index (Phi) is 8.21. The van der Waals surface area contributed by atoms with Crippen molar-refractivity contribution in [2.75, 3.05) is 38.2 Å². The van der Waals surface area contributed by atoms with Crippen molar-refractivity contribution in [2.24, 2.45) is 0 Å². The fourth-order valence-corrected chi connectivity index (χ4v) is 6.03. The van der Waals surface area contributed by atoms with Crippen molar-refractivity contribution in [3.8, 4) is 5.75 Å². The minimum absolute atomic E-state index is 0.172. The SMILES string of the molecule is C[C@@H]1Cc2c([nH]c3ccccc23)[C@@H](c2ccc(N[C@@H]3CN(CCCF)C[C@H]3O)cc2OC(F)F)N1CC(F)(F)F. The zero-order valence-corrected chi connectivity index (χ0v) is 21.9. The van der Waals surface area contributed by atoms with Gasteiger partial charge in [0.25, 0.3) is 0 Å². The first-order valence-corrected chi connectivity index (χ1v) is 13.3. The normalized spacial score (nSPS) is 24.1. The van der Waals surface area contributed by atoms with Crippen LogP contribution in [0.25, 0.3) is 10.9 Å². The number of para-hydroxylation sites is 1. The average Bonchev–Trinajstić information content (AvgIpc) is 3.42. The molecular weight excluding hydrogens is 538 g/mol. The van der Waals surface area contributed by atoms with E-state index in [1.54, 1.807) is 13.0 Å². The van der Waals surface area contributed by atoms with Gasteiger partial charge in [0.05, 0.1) is 31.4 Å². The molecule has 1 aromatic heterocycles. The summed E-state index contributed by atoms with van der Waals surface area (Å²) in [6.07, 6.45) is -4.60. The van der Waals surface area contributed by atoms with Crippen molar-refractivity contribution >= 4 is 16.6 Å². The lowest BCUT2D eigenvalue weighted by Crippen LogP contribution is -2.47. The first-order chi connectivity index (χ1) is 19.0. The van der Waals surface area contributed by atoms with E-state index in [0.29, 0.717) is 43.9 Å². The van der Waals surface area contributed by atoms with Crippen LogP contribution < -0.4 is 10.1 Å². The molecule has 3 N–H and O–H groups in total. The van der Waals surface area contributed by atoms with Crippen molar-refractivity contribution in [2.45, 2.75) is 56.8 Å². The van der Waals surface area contributed by atoms with Gasteiger partial charge in [0, 0.05) is 59.6 Å². The number of rotatable bonds is 9. The van der Waals surface area contributed by atoms with Crippen LogP contribution in [0, 0.1) is 0 Å². The fourth-order valence-electron chi connectivity index (χ4n) is 6.03. The van der Waals surface area contributed by atoms with Gasteiger partial charge in [0.1, 0.15) is 5.75 Å². The molecule has 0 amide bonds. The van der Waals surface area contributed by atoms with Gasteiger partial charge in [-0.2, -0.15) is 22.0 Å².